The Kier molecular flexibility index (Phi) is 5.01. The molecular formula is C16H21ClFN3. The number of hydrogen-bond donors (Lipinski definition) is 1. The van der Waals surface area contributed by atoms with E-state index in [0.29, 0.717) is 6.42 Å². The molecule has 0 aliphatic carbocycles. The predicted molar refractivity (Wildman–Crippen MR) is 84.2 cm³/mol. The van der Waals surface area contributed by atoms with Gasteiger partial charge in [0.1, 0.15) is 5.82 Å². The van der Waals surface area contributed by atoms with E-state index in [4.69, 9.17) is 11.6 Å². The first-order valence-electron chi connectivity index (χ1n) is 7.11. The first-order chi connectivity index (χ1) is 9.93. The van der Waals surface area contributed by atoms with Crippen LogP contribution >= 0.6 is 11.6 Å². The molecule has 0 bridgehead atoms. The second kappa shape index (κ2) is 6.58. The molecule has 5 heteroatoms. The maximum Gasteiger partial charge on any atom is 0.142 e. The summed E-state index contributed by atoms with van der Waals surface area (Å²) < 4.78 is 15.5. The molecule has 0 aliphatic rings. The third kappa shape index (κ3) is 3.44. The first-order valence-corrected chi connectivity index (χ1v) is 7.49. The molecule has 3 nitrogen and oxygen atoms in total. The molecule has 0 fully saturated rings. The molecule has 1 unspecified atom stereocenters. The summed E-state index contributed by atoms with van der Waals surface area (Å²) in [5.74, 6) is -0.371. The van der Waals surface area contributed by atoms with Gasteiger partial charge in [0.2, 0.25) is 0 Å². The summed E-state index contributed by atoms with van der Waals surface area (Å²) in [6, 6.07) is 5.10. The third-order valence-corrected chi connectivity index (χ3v) is 4.09. The second-order valence-electron chi connectivity index (χ2n) is 5.27. The van der Waals surface area contributed by atoms with E-state index in [1.807, 2.05) is 24.7 Å². The molecule has 0 radical (unpaired) electrons. The number of rotatable bonds is 5. The van der Waals surface area contributed by atoms with Gasteiger partial charge in [0.25, 0.3) is 0 Å². The molecule has 0 amide bonds. The number of hydrogen-bond acceptors (Lipinski definition) is 2. The van der Waals surface area contributed by atoms with Gasteiger partial charge in [-0.15, -0.1) is 0 Å². The van der Waals surface area contributed by atoms with Crippen molar-refractivity contribution in [3.8, 4) is 0 Å². The van der Waals surface area contributed by atoms with E-state index in [0.717, 1.165) is 23.5 Å². The van der Waals surface area contributed by atoms with Crippen molar-refractivity contribution >= 4 is 11.6 Å². The third-order valence-electron chi connectivity index (χ3n) is 3.79. The van der Waals surface area contributed by atoms with Crippen molar-refractivity contribution < 1.29 is 4.39 Å². The van der Waals surface area contributed by atoms with Crippen LogP contribution in [0.3, 0.4) is 0 Å². The summed E-state index contributed by atoms with van der Waals surface area (Å²) in [5, 5.41) is 8.10. The van der Waals surface area contributed by atoms with E-state index >= 15 is 0 Å². The summed E-state index contributed by atoms with van der Waals surface area (Å²) >= 11 is 5.75. The van der Waals surface area contributed by atoms with Crippen molar-refractivity contribution in [3.05, 3.63) is 51.6 Å². The minimum atomic E-state index is -0.371. The average molecular weight is 310 g/mol. The van der Waals surface area contributed by atoms with Crippen LogP contribution in [-0.4, -0.2) is 16.3 Å². The fourth-order valence-corrected chi connectivity index (χ4v) is 2.84. The number of nitrogens with zero attached hydrogens (tertiary/aromatic N) is 2. The number of halogens is 2. The highest BCUT2D eigenvalue weighted by Crippen LogP contribution is 2.26. The molecule has 1 aromatic carbocycles. The van der Waals surface area contributed by atoms with Crippen LogP contribution < -0.4 is 5.32 Å². The maximum absolute atomic E-state index is 13.6. The largest absolute Gasteiger partial charge is 0.310 e. The summed E-state index contributed by atoms with van der Waals surface area (Å²) in [6.45, 7) is 6.97. The minimum absolute atomic E-state index is 0.115. The second-order valence-corrected chi connectivity index (χ2v) is 5.68. The van der Waals surface area contributed by atoms with Gasteiger partial charge in [-0.25, -0.2) is 4.39 Å². The molecule has 1 aromatic heterocycles. The Morgan fingerprint density at radius 2 is 2.10 bits per heavy atom. The topological polar surface area (TPSA) is 29.9 Å². The molecule has 2 rings (SSSR count). The molecule has 1 N–H and O–H groups in total. The van der Waals surface area contributed by atoms with Gasteiger partial charge in [-0.1, -0.05) is 24.6 Å². The van der Waals surface area contributed by atoms with Crippen LogP contribution in [0.2, 0.25) is 5.02 Å². The van der Waals surface area contributed by atoms with Crippen molar-refractivity contribution in [1.29, 1.82) is 0 Å². The maximum atomic E-state index is 13.6. The van der Waals surface area contributed by atoms with Crippen molar-refractivity contribution in [3.63, 3.8) is 0 Å². The molecule has 114 valence electrons. The van der Waals surface area contributed by atoms with E-state index < -0.39 is 0 Å². The van der Waals surface area contributed by atoms with Gasteiger partial charge in [-0.2, -0.15) is 5.10 Å². The Morgan fingerprint density at radius 1 is 1.38 bits per heavy atom. The molecule has 0 aliphatic heterocycles. The Hall–Kier alpha value is -1.39. The molecule has 0 saturated heterocycles. The Bertz CT molecular complexity index is 637. The van der Waals surface area contributed by atoms with Crippen molar-refractivity contribution in [1.82, 2.24) is 15.1 Å². The van der Waals surface area contributed by atoms with E-state index in [-0.39, 0.29) is 16.9 Å². The smallest absolute Gasteiger partial charge is 0.142 e. The standard InChI is InChI=1S/C16H21ClFN3/c1-5-19-15(16-10(2)20-21(4)11(16)3)9-12-6-7-13(17)14(18)8-12/h6-8,15,19H,5,9H2,1-4H3. The van der Waals surface area contributed by atoms with Gasteiger partial charge < -0.3 is 5.32 Å². The van der Waals surface area contributed by atoms with Crippen molar-refractivity contribution in [2.75, 3.05) is 6.54 Å². The molecular weight excluding hydrogens is 289 g/mol. The normalized spacial score (nSPS) is 12.7. The van der Waals surface area contributed by atoms with Crippen LogP contribution in [0.4, 0.5) is 4.39 Å². The summed E-state index contributed by atoms with van der Waals surface area (Å²) in [4.78, 5) is 0. The highest BCUT2D eigenvalue weighted by Gasteiger charge is 2.20. The molecule has 0 saturated carbocycles. The zero-order valence-corrected chi connectivity index (χ0v) is 13.6. The van der Waals surface area contributed by atoms with E-state index in [1.54, 1.807) is 6.07 Å². The van der Waals surface area contributed by atoms with Crippen molar-refractivity contribution in [2.45, 2.75) is 33.2 Å². The Labute approximate surface area is 130 Å². The van der Waals surface area contributed by atoms with Gasteiger partial charge in [0.15, 0.2) is 0 Å². The molecule has 1 heterocycles. The number of aryl methyl sites for hydroxylation is 2. The van der Waals surface area contributed by atoms with E-state index in [1.165, 1.54) is 11.6 Å². The number of likely N-dealkylation sites (N-methyl/N-ethyl adjacent to an activating group) is 1. The van der Waals surface area contributed by atoms with E-state index in [9.17, 15) is 4.39 Å². The van der Waals surface area contributed by atoms with Gasteiger partial charge in [0.05, 0.1) is 10.7 Å². The fraction of sp³-hybridized carbons (Fsp3) is 0.438. The molecule has 1 atom stereocenters. The minimum Gasteiger partial charge on any atom is -0.310 e. The van der Waals surface area contributed by atoms with E-state index in [2.05, 4.69) is 24.3 Å². The monoisotopic (exact) mass is 309 g/mol. The summed E-state index contributed by atoms with van der Waals surface area (Å²) in [5.41, 5.74) is 4.25. The molecule has 2 aromatic rings. The SMILES string of the molecule is CCNC(Cc1ccc(Cl)c(F)c1)c1c(C)nn(C)c1C. The van der Waals surface area contributed by atoms with Gasteiger partial charge in [-0.05, 0) is 44.5 Å². The van der Waals surface area contributed by atoms with Crippen LogP contribution in [0.15, 0.2) is 18.2 Å². The van der Waals surface area contributed by atoms with Crippen LogP contribution in [0.5, 0.6) is 0 Å². The van der Waals surface area contributed by atoms with Crippen molar-refractivity contribution in [2.24, 2.45) is 7.05 Å². The zero-order valence-electron chi connectivity index (χ0n) is 12.9. The Balaban J connectivity index is 2.32. The lowest BCUT2D eigenvalue weighted by atomic mass is 9.97. The lowest BCUT2D eigenvalue weighted by molar-refractivity contribution is 0.541. The molecule has 0 spiro atoms. The fourth-order valence-electron chi connectivity index (χ4n) is 2.72. The number of benzene rings is 1. The van der Waals surface area contributed by atoms with Crippen LogP contribution in [0.1, 0.15) is 35.5 Å². The first kappa shape index (κ1) is 16.0. The quantitative estimate of drug-likeness (QED) is 0.912. The zero-order chi connectivity index (χ0) is 15.6. The van der Waals surface area contributed by atoms with Crippen LogP contribution in [-0.2, 0) is 13.5 Å². The van der Waals surface area contributed by atoms with Crippen LogP contribution in [0, 0.1) is 19.7 Å². The van der Waals surface area contributed by atoms with Gasteiger partial charge >= 0.3 is 0 Å². The Morgan fingerprint density at radius 3 is 2.62 bits per heavy atom. The highest BCUT2D eigenvalue weighted by atomic mass is 35.5. The lowest BCUT2D eigenvalue weighted by Gasteiger charge is -2.19. The van der Waals surface area contributed by atoms with Crippen LogP contribution in [0.25, 0.3) is 0 Å². The predicted octanol–water partition coefficient (Wildman–Crippen LogP) is 3.72. The average Bonchev–Trinajstić information content (AvgIpc) is 2.67. The van der Waals surface area contributed by atoms with Gasteiger partial charge in [0, 0.05) is 24.3 Å². The van der Waals surface area contributed by atoms with Gasteiger partial charge in [-0.3, -0.25) is 4.68 Å². The number of aromatic nitrogens is 2. The summed E-state index contributed by atoms with van der Waals surface area (Å²) in [7, 11) is 1.94. The lowest BCUT2D eigenvalue weighted by Crippen LogP contribution is -2.24. The summed E-state index contributed by atoms with van der Waals surface area (Å²) in [6.07, 6.45) is 0.704. The highest BCUT2D eigenvalue weighted by molar-refractivity contribution is 6.30. The number of nitrogens with one attached hydrogen (secondary N) is 1. The molecule has 21 heavy (non-hydrogen) atoms.